The van der Waals surface area contributed by atoms with E-state index in [-0.39, 0.29) is 41.4 Å². The lowest BCUT2D eigenvalue weighted by Crippen LogP contribution is -2.42. The number of fused-ring (bicyclic) bond motifs is 1. The van der Waals surface area contributed by atoms with Gasteiger partial charge in [-0.05, 0) is 58.6 Å². The zero-order valence-corrected chi connectivity index (χ0v) is 23.5. The summed E-state index contributed by atoms with van der Waals surface area (Å²) in [7, 11) is 0. The number of halogens is 1. The lowest BCUT2D eigenvalue weighted by molar-refractivity contribution is -0.0136. The van der Waals surface area contributed by atoms with Gasteiger partial charge in [-0.3, -0.25) is 9.69 Å². The van der Waals surface area contributed by atoms with Crippen LogP contribution in [0.5, 0.6) is 0 Å². The number of ether oxygens (including phenoxy) is 2. The maximum Gasteiger partial charge on any atom is 0.223 e. The Morgan fingerprint density at radius 1 is 1.27 bits per heavy atom. The van der Waals surface area contributed by atoms with Crippen molar-refractivity contribution in [1.82, 2.24) is 19.4 Å². The molecule has 9 nitrogen and oxygen atoms in total. The number of pyridine rings is 1. The highest BCUT2D eigenvalue weighted by atomic mass is 19.1. The van der Waals surface area contributed by atoms with E-state index in [2.05, 4.69) is 38.6 Å². The van der Waals surface area contributed by atoms with Crippen LogP contribution in [0.25, 0.3) is 22.2 Å². The molecule has 3 aliphatic rings. The topological polar surface area (TPSA) is 102 Å². The number of nitrogens with one attached hydrogen (secondary N) is 1. The molecule has 3 aliphatic heterocycles. The van der Waals surface area contributed by atoms with Gasteiger partial charge in [0.15, 0.2) is 11.2 Å². The molecule has 10 heteroatoms. The lowest BCUT2D eigenvalue weighted by atomic mass is 10.00. The highest BCUT2D eigenvalue weighted by molar-refractivity contribution is 5.85. The van der Waals surface area contributed by atoms with Gasteiger partial charge in [-0.1, -0.05) is 6.07 Å². The molecule has 3 aromatic rings. The van der Waals surface area contributed by atoms with E-state index in [1.165, 1.54) is 0 Å². The number of benzene rings is 1. The largest absolute Gasteiger partial charge is 0.389 e. The predicted octanol–water partition coefficient (Wildman–Crippen LogP) is 3.80. The third-order valence-corrected chi connectivity index (χ3v) is 8.69. The fourth-order valence-electron chi connectivity index (χ4n) is 6.56. The monoisotopic (exact) mass is 551 g/mol. The maximum absolute atomic E-state index is 15.1. The standard InChI is InChI=1S/C30H38FN5O4/c1-18(2)36-24-13-20(27-22(31)14-32-29(34-27)33-23-7-12-39-16-26(23)37)5-6-21(24)28(38)19(3)25(36)15-35-10-9-30(17-35)8-4-11-40-30/h5-6,13-14,18,23,26,37H,4,7-12,15-17H2,1-3H3,(H,32,33,34)/t23-,26-,30-/m1/s1. The number of nitrogens with zero attached hydrogens (tertiary/aromatic N) is 4. The Hall–Kier alpha value is -2.92. The number of aliphatic hydroxyl groups excluding tert-OH is 1. The first-order valence-corrected chi connectivity index (χ1v) is 14.3. The van der Waals surface area contributed by atoms with Crippen LogP contribution in [0.3, 0.4) is 0 Å². The lowest BCUT2D eigenvalue weighted by Gasteiger charge is -2.28. The van der Waals surface area contributed by atoms with Gasteiger partial charge in [-0.25, -0.2) is 14.4 Å². The predicted molar refractivity (Wildman–Crippen MR) is 151 cm³/mol. The fourth-order valence-corrected chi connectivity index (χ4v) is 6.56. The molecule has 3 saturated heterocycles. The van der Waals surface area contributed by atoms with Crippen molar-refractivity contribution < 1.29 is 19.0 Å². The molecule has 0 saturated carbocycles. The molecule has 2 N–H and O–H groups in total. The Balaban J connectivity index is 1.38. The smallest absolute Gasteiger partial charge is 0.223 e. The van der Waals surface area contributed by atoms with Crippen LogP contribution in [-0.2, 0) is 16.0 Å². The van der Waals surface area contributed by atoms with Crippen LogP contribution in [0, 0.1) is 12.7 Å². The summed E-state index contributed by atoms with van der Waals surface area (Å²) < 4.78 is 28.7. The van der Waals surface area contributed by atoms with Crippen LogP contribution >= 0.6 is 0 Å². The second kappa shape index (κ2) is 10.8. The van der Waals surface area contributed by atoms with Gasteiger partial charge in [0.2, 0.25) is 5.95 Å². The molecular weight excluding hydrogens is 513 g/mol. The molecule has 3 fully saturated rings. The first-order chi connectivity index (χ1) is 19.2. The van der Waals surface area contributed by atoms with Crippen molar-refractivity contribution in [2.45, 2.75) is 76.8 Å². The zero-order chi connectivity index (χ0) is 28.0. The molecule has 0 amide bonds. The molecule has 3 atom stereocenters. The van der Waals surface area contributed by atoms with Crippen LogP contribution in [0.2, 0.25) is 0 Å². The summed E-state index contributed by atoms with van der Waals surface area (Å²) in [6.45, 7) is 10.2. The van der Waals surface area contributed by atoms with Crippen LogP contribution in [0.4, 0.5) is 10.3 Å². The maximum atomic E-state index is 15.1. The summed E-state index contributed by atoms with van der Waals surface area (Å²) in [6.07, 6.45) is 4.26. The van der Waals surface area contributed by atoms with Crippen LogP contribution in [0.15, 0.2) is 29.2 Å². The van der Waals surface area contributed by atoms with Crippen LogP contribution < -0.4 is 10.7 Å². The molecular formula is C30H38FN5O4. The Bertz CT molecular complexity index is 1470. The van der Waals surface area contributed by atoms with Crippen LogP contribution in [0.1, 0.15) is 56.8 Å². The summed E-state index contributed by atoms with van der Waals surface area (Å²) in [6, 6.07) is 5.18. The highest BCUT2D eigenvalue weighted by Crippen LogP contribution is 2.36. The molecule has 5 heterocycles. The van der Waals surface area contributed by atoms with Gasteiger partial charge in [0.1, 0.15) is 5.69 Å². The van der Waals surface area contributed by atoms with E-state index < -0.39 is 11.9 Å². The van der Waals surface area contributed by atoms with E-state index in [9.17, 15) is 9.90 Å². The number of likely N-dealkylation sites (tertiary alicyclic amines) is 1. The van der Waals surface area contributed by atoms with Crippen LogP contribution in [-0.4, -0.2) is 75.2 Å². The number of rotatable bonds is 6. The van der Waals surface area contributed by atoms with Gasteiger partial charge < -0.3 is 24.5 Å². The summed E-state index contributed by atoms with van der Waals surface area (Å²) in [4.78, 5) is 24.6. The first-order valence-electron chi connectivity index (χ1n) is 14.3. The van der Waals surface area contributed by atoms with Crippen molar-refractivity contribution in [3.63, 3.8) is 0 Å². The summed E-state index contributed by atoms with van der Waals surface area (Å²) in [5, 5.41) is 14.0. The summed E-state index contributed by atoms with van der Waals surface area (Å²) >= 11 is 0. The number of anilines is 1. The normalized spacial score (nSPS) is 25.4. The summed E-state index contributed by atoms with van der Waals surface area (Å²) in [5.74, 6) is -0.312. The highest BCUT2D eigenvalue weighted by Gasteiger charge is 2.41. The Labute approximate surface area is 233 Å². The van der Waals surface area contributed by atoms with Crippen molar-refractivity contribution in [3.05, 3.63) is 51.7 Å². The van der Waals surface area contributed by atoms with Gasteiger partial charge in [0, 0.05) is 61.1 Å². The number of hydrogen-bond donors (Lipinski definition) is 2. The molecule has 0 unspecified atom stereocenters. The third-order valence-electron chi connectivity index (χ3n) is 8.69. The first kappa shape index (κ1) is 27.3. The Morgan fingerprint density at radius 2 is 2.12 bits per heavy atom. The Kier molecular flexibility index (Phi) is 7.37. The average Bonchev–Trinajstić information content (AvgIpc) is 3.57. The molecule has 214 valence electrons. The van der Waals surface area contributed by atoms with E-state index in [4.69, 9.17) is 9.47 Å². The molecule has 1 spiro atoms. The number of aromatic nitrogens is 3. The average molecular weight is 552 g/mol. The van der Waals surface area contributed by atoms with Gasteiger partial charge in [-0.2, -0.15) is 0 Å². The van der Waals surface area contributed by atoms with Crippen molar-refractivity contribution in [2.75, 3.05) is 38.2 Å². The Morgan fingerprint density at radius 3 is 2.88 bits per heavy atom. The van der Waals surface area contributed by atoms with Gasteiger partial charge in [0.05, 0.1) is 36.1 Å². The van der Waals surface area contributed by atoms with Crippen molar-refractivity contribution >= 4 is 16.9 Å². The molecule has 6 rings (SSSR count). The van der Waals surface area contributed by atoms with E-state index in [0.717, 1.165) is 61.9 Å². The van der Waals surface area contributed by atoms with Gasteiger partial charge in [-0.15, -0.1) is 0 Å². The second-order valence-electron chi connectivity index (χ2n) is 11.8. The number of hydrogen-bond acceptors (Lipinski definition) is 8. The minimum absolute atomic E-state index is 0.00139. The zero-order valence-electron chi connectivity index (χ0n) is 23.5. The van der Waals surface area contributed by atoms with Gasteiger partial charge in [0.25, 0.3) is 0 Å². The minimum Gasteiger partial charge on any atom is -0.389 e. The van der Waals surface area contributed by atoms with E-state index in [1.807, 2.05) is 13.0 Å². The molecule has 40 heavy (non-hydrogen) atoms. The third kappa shape index (κ3) is 5.02. The van der Waals surface area contributed by atoms with Crippen molar-refractivity contribution in [3.8, 4) is 11.3 Å². The van der Waals surface area contributed by atoms with E-state index in [0.29, 0.717) is 30.5 Å². The second-order valence-corrected chi connectivity index (χ2v) is 11.8. The SMILES string of the molecule is Cc1c(CN2CC[C@]3(CCCO3)C2)n(C(C)C)c2cc(-c3nc(N[C@@H]4CCOC[C@H]4O)ncc3F)ccc2c1=O. The molecule has 0 bridgehead atoms. The van der Waals surface area contributed by atoms with Crippen molar-refractivity contribution in [1.29, 1.82) is 0 Å². The minimum atomic E-state index is -0.695. The fraction of sp³-hybridized carbons (Fsp3) is 0.567. The molecule has 0 aliphatic carbocycles. The van der Waals surface area contributed by atoms with E-state index >= 15 is 4.39 Å². The quantitative estimate of drug-likeness (QED) is 0.477. The summed E-state index contributed by atoms with van der Waals surface area (Å²) in [5.41, 5.74) is 3.15. The molecule has 0 radical (unpaired) electrons. The molecule has 2 aromatic heterocycles. The number of aliphatic hydroxyl groups is 1. The molecule has 1 aromatic carbocycles. The van der Waals surface area contributed by atoms with Crippen molar-refractivity contribution in [2.24, 2.45) is 0 Å². The van der Waals surface area contributed by atoms with E-state index in [1.54, 1.807) is 12.1 Å². The van der Waals surface area contributed by atoms with Gasteiger partial charge >= 0.3 is 0 Å².